The van der Waals surface area contributed by atoms with E-state index in [0.29, 0.717) is 25.8 Å². The molecule has 0 spiro atoms. The molecule has 0 aromatic rings. The fourth-order valence-electron chi connectivity index (χ4n) is 2.92. The Bertz CT molecular complexity index is 253. The lowest BCUT2D eigenvalue weighted by atomic mass is 10.2. The molecule has 5 heteroatoms. The number of ether oxygens (including phenoxy) is 2. The molecule has 0 amide bonds. The number of hydrogen-bond acceptors (Lipinski definition) is 5. The Morgan fingerprint density at radius 1 is 1.40 bits per heavy atom. The zero-order valence-corrected chi connectivity index (χ0v) is 13.5. The van der Waals surface area contributed by atoms with E-state index in [-0.39, 0.29) is 6.10 Å². The summed E-state index contributed by atoms with van der Waals surface area (Å²) in [5, 5.41) is 10.0. The fourth-order valence-corrected chi connectivity index (χ4v) is 2.92. The highest BCUT2D eigenvalue weighted by molar-refractivity contribution is 4.81. The van der Waals surface area contributed by atoms with E-state index in [0.717, 1.165) is 13.1 Å². The second-order valence-corrected chi connectivity index (χ2v) is 5.90. The molecule has 1 heterocycles. The Kier molecular flexibility index (Phi) is 8.64. The van der Waals surface area contributed by atoms with E-state index in [2.05, 4.69) is 23.8 Å². The number of aliphatic hydroxyl groups is 1. The van der Waals surface area contributed by atoms with Crippen molar-refractivity contribution in [3.8, 4) is 0 Å². The third kappa shape index (κ3) is 6.50. The van der Waals surface area contributed by atoms with E-state index in [1.165, 1.54) is 19.4 Å². The quantitative estimate of drug-likeness (QED) is 0.645. The summed E-state index contributed by atoms with van der Waals surface area (Å²) in [4.78, 5) is 4.74. The van der Waals surface area contributed by atoms with Gasteiger partial charge in [0.15, 0.2) is 0 Å². The SMILES string of the molecule is CCN1CCCC1CN(C)CC(O)COC(C)COC. The van der Waals surface area contributed by atoms with Crippen LogP contribution in [0.1, 0.15) is 26.7 Å². The Morgan fingerprint density at radius 2 is 2.15 bits per heavy atom. The highest BCUT2D eigenvalue weighted by Crippen LogP contribution is 2.17. The Hall–Kier alpha value is -0.200. The summed E-state index contributed by atoms with van der Waals surface area (Å²) >= 11 is 0. The summed E-state index contributed by atoms with van der Waals surface area (Å²) in [6.07, 6.45) is 2.17. The standard InChI is InChI=1S/C15H32N2O3/c1-5-17-8-6-7-14(17)9-16(3)10-15(18)12-20-13(2)11-19-4/h13-15,18H,5-12H2,1-4H3. The molecule has 3 atom stereocenters. The number of methoxy groups -OCH3 is 1. The van der Waals surface area contributed by atoms with Gasteiger partial charge in [0, 0.05) is 26.2 Å². The van der Waals surface area contributed by atoms with Gasteiger partial charge in [0.25, 0.3) is 0 Å². The van der Waals surface area contributed by atoms with E-state index < -0.39 is 6.10 Å². The van der Waals surface area contributed by atoms with Gasteiger partial charge in [-0.2, -0.15) is 0 Å². The van der Waals surface area contributed by atoms with Crippen molar-refractivity contribution in [1.82, 2.24) is 9.80 Å². The molecule has 1 fully saturated rings. The molecule has 0 radical (unpaired) electrons. The van der Waals surface area contributed by atoms with Crippen LogP contribution in [0.4, 0.5) is 0 Å². The first-order valence-corrected chi connectivity index (χ1v) is 7.78. The molecule has 0 aromatic carbocycles. The van der Waals surface area contributed by atoms with Crippen molar-refractivity contribution in [3.63, 3.8) is 0 Å². The zero-order valence-electron chi connectivity index (χ0n) is 13.5. The van der Waals surface area contributed by atoms with E-state index in [9.17, 15) is 5.11 Å². The third-order valence-electron chi connectivity index (χ3n) is 3.92. The van der Waals surface area contributed by atoms with Crippen LogP contribution in [0, 0.1) is 0 Å². The summed E-state index contributed by atoms with van der Waals surface area (Å²) < 4.78 is 10.6. The second-order valence-electron chi connectivity index (χ2n) is 5.90. The van der Waals surface area contributed by atoms with E-state index >= 15 is 0 Å². The van der Waals surface area contributed by atoms with Gasteiger partial charge in [0.2, 0.25) is 0 Å². The summed E-state index contributed by atoms with van der Waals surface area (Å²) in [6, 6.07) is 0.644. The number of likely N-dealkylation sites (N-methyl/N-ethyl adjacent to an activating group) is 2. The molecule has 1 aliphatic rings. The van der Waals surface area contributed by atoms with E-state index in [1.54, 1.807) is 7.11 Å². The van der Waals surface area contributed by atoms with Crippen molar-refractivity contribution in [1.29, 1.82) is 0 Å². The molecule has 120 valence electrons. The maximum absolute atomic E-state index is 10.0. The summed E-state index contributed by atoms with van der Waals surface area (Å²) in [5.74, 6) is 0. The average Bonchev–Trinajstić information content (AvgIpc) is 2.83. The molecule has 5 nitrogen and oxygen atoms in total. The van der Waals surface area contributed by atoms with Gasteiger partial charge in [-0.15, -0.1) is 0 Å². The first-order valence-electron chi connectivity index (χ1n) is 7.78. The fraction of sp³-hybridized carbons (Fsp3) is 1.00. The van der Waals surface area contributed by atoms with Crippen molar-refractivity contribution in [2.45, 2.75) is 44.9 Å². The molecule has 1 aliphatic heterocycles. The molecule has 20 heavy (non-hydrogen) atoms. The van der Waals surface area contributed by atoms with Crippen LogP contribution in [0.3, 0.4) is 0 Å². The smallest absolute Gasteiger partial charge is 0.0900 e. The van der Waals surface area contributed by atoms with E-state index in [4.69, 9.17) is 9.47 Å². The van der Waals surface area contributed by atoms with Gasteiger partial charge < -0.3 is 19.5 Å². The minimum absolute atomic E-state index is 0.0328. The summed E-state index contributed by atoms with van der Waals surface area (Å²) in [7, 11) is 3.74. The van der Waals surface area contributed by atoms with Crippen molar-refractivity contribution >= 4 is 0 Å². The lowest BCUT2D eigenvalue weighted by Crippen LogP contribution is -2.42. The zero-order chi connectivity index (χ0) is 15.0. The molecule has 0 saturated carbocycles. The predicted molar refractivity (Wildman–Crippen MR) is 81.1 cm³/mol. The Balaban J connectivity index is 2.19. The predicted octanol–water partition coefficient (Wildman–Crippen LogP) is 0.815. The number of likely N-dealkylation sites (tertiary alicyclic amines) is 1. The molecule has 1 saturated heterocycles. The molecule has 1 rings (SSSR count). The van der Waals surface area contributed by atoms with Crippen LogP contribution in [-0.2, 0) is 9.47 Å². The topological polar surface area (TPSA) is 45.2 Å². The van der Waals surface area contributed by atoms with Crippen LogP contribution in [0.25, 0.3) is 0 Å². The van der Waals surface area contributed by atoms with Crippen molar-refractivity contribution in [3.05, 3.63) is 0 Å². The van der Waals surface area contributed by atoms with Gasteiger partial charge >= 0.3 is 0 Å². The minimum atomic E-state index is -0.434. The van der Waals surface area contributed by atoms with Crippen LogP contribution < -0.4 is 0 Å². The van der Waals surface area contributed by atoms with Crippen molar-refractivity contribution in [2.24, 2.45) is 0 Å². The van der Waals surface area contributed by atoms with Crippen molar-refractivity contribution < 1.29 is 14.6 Å². The lowest BCUT2D eigenvalue weighted by Gasteiger charge is -2.29. The normalized spacial score (nSPS) is 23.4. The maximum Gasteiger partial charge on any atom is 0.0900 e. The first kappa shape index (κ1) is 17.9. The van der Waals surface area contributed by atoms with Crippen LogP contribution in [0.5, 0.6) is 0 Å². The molecule has 0 bridgehead atoms. The Labute approximate surface area is 123 Å². The molecule has 0 aromatic heterocycles. The number of nitrogens with zero attached hydrogens (tertiary/aromatic N) is 2. The monoisotopic (exact) mass is 288 g/mol. The van der Waals surface area contributed by atoms with E-state index in [1.807, 2.05) is 6.92 Å². The average molecular weight is 288 g/mol. The lowest BCUT2D eigenvalue weighted by molar-refractivity contribution is -0.0390. The first-order chi connectivity index (χ1) is 9.56. The highest BCUT2D eigenvalue weighted by atomic mass is 16.5. The summed E-state index contributed by atoms with van der Waals surface area (Å²) in [5.41, 5.74) is 0. The third-order valence-corrected chi connectivity index (χ3v) is 3.92. The van der Waals surface area contributed by atoms with Crippen LogP contribution in [0.15, 0.2) is 0 Å². The van der Waals surface area contributed by atoms with Gasteiger partial charge in [-0.1, -0.05) is 6.92 Å². The second kappa shape index (κ2) is 9.68. The van der Waals surface area contributed by atoms with Crippen LogP contribution in [-0.4, -0.2) is 86.7 Å². The number of rotatable bonds is 10. The van der Waals surface area contributed by atoms with Gasteiger partial charge in [0.1, 0.15) is 0 Å². The van der Waals surface area contributed by atoms with Gasteiger partial charge in [-0.05, 0) is 39.9 Å². The minimum Gasteiger partial charge on any atom is -0.389 e. The molecule has 1 N–H and O–H groups in total. The molecular weight excluding hydrogens is 256 g/mol. The van der Waals surface area contributed by atoms with Crippen LogP contribution >= 0.6 is 0 Å². The van der Waals surface area contributed by atoms with Crippen LogP contribution in [0.2, 0.25) is 0 Å². The van der Waals surface area contributed by atoms with Crippen molar-refractivity contribution in [2.75, 3.05) is 53.6 Å². The van der Waals surface area contributed by atoms with Gasteiger partial charge in [0.05, 0.1) is 25.4 Å². The molecule has 3 unspecified atom stereocenters. The molecule has 0 aliphatic carbocycles. The Morgan fingerprint density at radius 3 is 2.80 bits per heavy atom. The van der Waals surface area contributed by atoms with Gasteiger partial charge in [-0.3, -0.25) is 4.90 Å². The summed E-state index contributed by atoms with van der Waals surface area (Å²) in [6.45, 7) is 9.14. The largest absolute Gasteiger partial charge is 0.389 e. The highest BCUT2D eigenvalue weighted by Gasteiger charge is 2.24. The molecular formula is C15H32N2O3. The maximum atomic E-state index is 10.0. The van der Waals surface area contributed by atoms with Gasteiger partial charge in [-0.25, -0.2) is 0 Å². The number of aliphatic hydroxyl groups excluding tert-OH is 1. The number of hydrogen-bond donors (Lipinski definition) is 1.